The van der Waals surface area contributed by atoms with Crippen LogP contribution in [-0.4, -0.2) is 47.3 Å². The predicted octanol–water partition coefficient (Wildman–Crippen LogP) is -0.143. The van der Waals surface area contributed by atoms with Crippen molar-refractivity contribution in [1.29, 1.82) is 0 Å². The minimum Gasteiger partial charge on any atom is -0.481 e. The Hall–Kier alpha value is -0.790. The fourth-order valence-corrected chi connectivity index (χ4v) is 1.88. The van der Waals surface area contributed by atoms with Crippen LogP contribution < -0.4 is 5.09 Å². The number of aliphatic carboxylic acids is 2. The van der Waals surface area contributed by atoms with Crippen molar-refractivity contribution in [3.63, 3.8) is 0 Å². The Kier molecular flexibility index (Phi) is 6.39. The van der Waals surface area contributed by atoms with Crippen LogP contribution >= 0.6 is 8.09 Å². The third-order valence-corrected chi connectivity index (χ3v) is 3.39. The summed E-state index contributed by atoms with van der Waals surface area (Å²) in [6, 6.07) is -1.24. The van der Waals surface area contributed by atoms with Crippen LogP contribution in [-0.2, 0) is 18.6 Å². The van der Waals surface area contributed by atoms with E-state index in [2.05, 4.69) is 14.1 Å². The van der Waals surface area contributed by atoms with Gasteiger partial charge in [0.25, 0.3) is 0 Å². The third-order valence-electron chi connectivity index (χ3n) is 1.76. The molecule has 0 spiro atoms. The Morgan fingerprint density at radius 2 is 1.81 bits per heavy atom. The molecule has 0 saturated heterocycles. The summed E-state index contributed by atoms with van der Waals surface area (Å²) >= 11 is 0. The fourth-order valence-electron chi connectivity index (χ4n) is 0.888. The molecule has 0 radical (unpaired) electrons. The standard InChI is InChI=1S/C7H14NO7P/c1-14-16(13,15-2)8-5(7(11)12)3-4-6(9)10/h5,8,13H,3-4H2,1-2H3,(H-,9,10,11,12)/p+1. The zero-order valence-corrected chi connectivity index (χ0v) is 9.81. The van der Waals surface area contributed by atoms with E-state index in [-0.39, 0.29) is 12.8 Å². The molecule has 0 heterocycles. The van der Waals surface area contributed by atoms with E-state index in [0.717, 1.165) is 14.2 Å². The van der Waals surface area contributed by atoms with Crippen molar-refractivity contribution in [3.05, 3.63) is 0 Å². The van der Waals surface area contributed by atoms with Crippen molar-refractivity contribution < 1.29 is 33.7 Å². The van der Waals surface area contributed by atoms with Gasteiger partial charge in [0.1, 0.15) is 6.04 Å². The first-order valence-electron chi connectivity index (χ1n) is 4.30. The highest BCUT2D eigenvalue weighted by Gasteiger charge is 2.43. The molecule has 0 aromatic carbocycles. The number of nitrogens with one attached hydrogen (secondary N) is 1. The van der Waals surface area contributed by atoms with Crippen molar-refractivity contribution in [1.82, 2.24) is 5.09 Å². The molecule has 0 bridgehead atoms. The summed E-state index contributed by atoms with van der Waals surface area (Å²) in [6.07, 6.45) is -0.517. The van der Waals surface area contributed by atoms with Gasteiger partial charge in [-0.2, -0.15) is 13.9 Å². The van der Waals surface area contributed by atoms with Crippen LogP contribution in [0.2, 0.25) is 0 Å². The van der Waals surface area contributed by atoms with Crippen LogP contribution in [0.25, 0.3) is 0 Å². The van der Waals surface area contributed by atoms with E-state index in [9.17, 15) is 14.5 Å². The molecular weight excluding hydrogens is 241 g/mol. The first-order valence-corrected chi connectivity index (χ1v) is 5.88. The van der Waals surface area contributed by atoms with Crippen LogP contribution in [0.5, 0.6) is 0 Å². The smallest absolute Gasteiger partial charge is 0.481 e. The van der Waals surface area contributed by atoms with Crippen LogP contribution in [0.4, 0.5) is 0 Å². The molecule has 1 atom stereocenters. The summed E-state index contributed by atoms with van der Waals surface area (Å²) in [5.74, 6) is -2.40. The molecule has 0 aromatic heterocycles. The lowest BCUT2D eigenvalue weighted by molar-refractivity contribution is -0.140. The Morgan fingerprint density at radius 1 is 1.31 bits per heavy atom. The number of rotatable bonds is 8. The molecule has 0 fully saturated rings. The quantitative estimate of drug-likeness (QED) is 0.442. The summed E-state index contributed by atoms with van der Waals surface area (Å²) in [7, 11) is -1.12. The summed E-state index contributed by atoms with van der Waals surface area (Å²) in [6.45, 7) is 0. The highest BCUT2D eigenvalue weighted by atomic mass is 31.2. The van der Waals surface area contributed by atoms with Gasteiger partial charge >= 0.3 is 20.0 Å². The second-order valence-electron chi connectivity index (χ2n) is 2.84. The Bertz CT molecular complexity index is 255. The lowest BCUT2D eigenvalue weighted by Crippen LogP contribution is -2.37. The van der Waals surface area contributed by atoms with Crippen molar-refractivity contribution in [3.8, 4) is 0 Å². The third kappa shape index (κ3) is 5.34. The number of carbonyl (C=O) groups is 2. The van der Waals surface area contributed by atoms with Gasteiger partial charge in [0.05, 0.1) is 14.2 Å². The van der Waals surface area contributed by atoms with E-state index in [1.165, 1.54) is 0 Å². The van der Waals surface area contributed by atoms with E-state index >= 15 is 0 Å². The molecule has 94 valence electrons. The average molecular weight is 256 g/mol. The average Bonchev–Trinajstić information content (AvgIpc) is 2.23. The van der Waals surface area contributed by atoms with Crippen molar-refractivity contribution in [2.24, 2.45) is 0 Å². The molecule has 0 aliphatic carbocycles. The molecule has 0 aromatic rings. The summed E-state index contributed by atoms with van der Waals surface area (Å²) in [5, 5.41) is 19.4. The SMILES string of the molecule is CO[P+](O)(NC(CCC(=O)O)C(=O)O)OC. The Labute approximate surface area is 92.8 Å². The number of carboxylic acid groups (broad SMARTS) is 2. The van der Waals surface area contributed by atoms with E-state index in [1.54, 1.807) is 0 Å². The zero-order valence-electron chi connectivity index (χ0n) is 8.91. The maximum absolute atomic E-state index is 10.8. The number of carboxylic acids is 2. The minimum atomic E-state index is -3.42. The second kappa shape index (κ2) is 6.72. The van der Waals surface area contributed by atoms with Gasteiger partial charge in [-0.3, -0.25) is 9.59 Å². The topological polar surface area (TPSA) is 125 Å². The monoisotopic (exact) mass is 256 g/mol. The molecule has 0 aliphatic rings. The van der Waals surface area contributed by atoms with Crippen LogP contribution in [0.15, 0.2) is 0 Å². The van der Waals surface area contributed by atoms with Gasteiger partial charge in [0, 0.05) is 6.42 Å². The van der Waals surface area contributed by atoms with Crippen LogP contribution in [0, 0.1) is 0 Å². The largest absolute Gasteiger partial charge is 0.499 e. The van der Waals surface area contributed by atoms with Gasteiger partial charge < -0.3 is 10.2 Å². The van der Waals surface area contributed by atoms with E-state index in [1.807, 2.05) is 0 Å². The van der Waals surface area contributed by atoms with Crippen LogP contribution in [0.1, 0.15) is 12.8 Å². The van der Waals surface area contributed by atoms with E-state index in [4.69, 9.17) is 10.2 Å². The maximum atomic E-state index is 10.8. The molecule has 1 unspecified atom stereocenters. The highest BCUT2D eigenvalue weighted by Crippen LogP contribution is 2.51. The summed E-state index contributed by atoms with van der Waals surface area (Å²) < 4.78 is 9.19. The predicted molar refractivity (Wildman–Crippen MR) is 54.6 cm³/mol. The lowest BCUT2D eigenvalue weighted by Gasteiger charge is -2.17. The molecule has 0 aliphatic heterocycles. The number of hydrogen-bond acceptors (Lipinski definition) is 6. The van der Waals surface area contributed by atoms with E-state index < -0.39 is 26.1 Å². The normalized spacial score (nSPS) is 13.4. The molecular formula is C7H15NO7P+. The summed E-state index contributed by atoms with van der Waals surface area (Å²) in [4.78, 5) is 30.6. The molecule has 0 amide bonds. The van der Waals surface area contributed by atoms with Gasteiger partial charge in [-0.15, -0.1) is 5.09 Å². The highest BCUT2D eigenvalue weighted by molar-refractivity contribution is 7.58. The maximum Gasteiger partial charge on any atom is 0.499 e. The Morgan fingerprint density at radius 3 is 2.12 bits per heavy atom. The molecule has 16 heavy (non-hydrogen) atoms. The molecule has 8 nitrogen and oxygen atoms in total. The zero-order chi connectivity index (χ0) is 12.8. The number of hydrogen-bond donors (Lipinski definition) is 4. The first kappa shape index (κ1) is 15.2. The van der Waals surface area contributed by atoms with Gasteiger partial charge in [-0.05, 0) is 6.42 Å². The summed E-state index contributed by atoms with van der Waals surface area (Å²) in [5.41, 5.74) is 0. The molecule has 4 N–H and O–H groups in total. The van der Waals surface area contributed by atoms with Crippen molar-refractivity contribution in [2.75, 3.05) is 14.2 Å². The minimum absolute atomic E-state index is 0.181. The molecule has 0 saturated carbocycles. The first-order chi connectivity index (χ1) is 7.34. The lowest BCUT2D eigenvalue weighted by atomic mass is 10.2. The van der Waals surface area contributed by atoms with Crippen molar-refractivity contribution >= 4 is 20.0 Å². The van der Waals surface area contributed by atoms with E-state index in [0.29, 0.717) is 0 Å². The molecule has 9 heteroatoms. The Balaban J connectivity index is 4.43. The van der Waals surface area contributed by atoms with Gasteiger partial charge in [-0.25, -0.2) is 0 Å². The molecule has 0 rings (SSSR count). The second-order valence-corrected chi connectivity index (χ2v) is 4.87. The fraction of sp³-hybridized carbons (Fsp3) is 0.714. The van der Waals surface area contributed by atoms with Gasteiger partial charge in [0.15, 0.2) is 0 Å². The van der Waals surface area contributed by atoms with Crippen LogP contribution in [0.3, 0.4) is 0 Å². The van der Waals surface area contributed by atoms with Crippen molar-refractivity contribution in [2.45, 2.75) is 18.9 Å². The van der Waals surface area contributed by atoms with Gasteiger partial charge in [-0.1, -0.05) is 0 Å². The van der Waals surface area contributed by atoms with Gasteiger partial charge in [0.2, 0.25) is 0 Å².